The van der Waals surface area contributed by atoms with Gasteiger partial charge in [0.15, 0.2) is 0 Å². The fourth-order valence-corrected chi connectivity index (χ4v) is 3.81. The Morgan fingerprint density at radius 3 is 2.00 bits per heavy atom. The lowest BCUT2D eigenvalue weighted by Crippen LogP contribution is -2.49. The van der Waals surface area contributed by atoms with E-state index in [0.29, 0.717) is 32.4 Å². The standard InChI is InChI=1S/C30H52FN5O7/c1-28(2,3)41-25(38)15-14-22(26(39)42-29(4,5)6)33-24(37)19-23(27(40)43-30(7,8)9)32-17-10-11-18-36-20-21(34-35-36)13-12-16-31/h20,22-23,32H,10-19H2,1-9H3,(H,33,37). The molecule has 0 saturated heterocycles. The molecule has 2 N–H and O–H groups in total. The molecule has 12 nitrogen and oxygen atoms in total. The number of hydrogen-bond donors (Lipinski definition) is 2. The zero-order valence-corrected chi connectivity index (χ0v) is 27.4. The van der Waals surface area contributed by atoms with Crippen molar-refractivity contribution in [1.29, 1.82) is 0 Å². The minimum atomic E-state index is -1.11. The number of nitrogens with zero attached hydrogens (tertiary/aromatic N) is 3. The molecule has 1 rings (SSSR count). The van der Waals surface area contributed by atoms with Crippen LogP contribution >= 0.6 is 0 Å². The number of carbonyl (C=O) groups excluding carboxylic acids is 4. The molecule has 43 heavy (non-hydrogen) atoms. The molecule has 0 aliphatic heterocycles. The van der Waals surface area contributed by atoms with E-state index in [4.69, 9.17) is 14.2 Å². The number of ether oxygens (including phenoxy) is 3. The van der Waals surface area contributed by atoms with E-state index < -0.39 is 59.4 Å². The van der Waals surface area contributed by atoms with Crippen LogP contribution in [0.1, 0.15) is 107 Å². The Balaban J connectivity index is 2.82. The largest absolute Gasteiger partial charge is 0.460 e. The summed E-state index contributed by atoms with van der Waals surface area (Å²) in [6, 6.07) is -2.08. The van der Waals surface area contributed by atoms with E-state index in [-0.39, 0.29) is 19.3 Å². The topological polar surface area (TPSA) is 151 Å². The number of nitrogens with one attached hydrogen (secondary N) is 2. The third kappa shape index (κ3) is 18.2. The molecule has 2 unspecified atom stereocenters. The highest BCUT2D eigenvalue weighted by atomic mass is 19.1. The Kier molecular flexibility index (Phi) is 15.2. The van der Waals surface area contributed by atoms with Crippen LogP contribution in [-0.2, 0) is 46.4 Å². The first-order valence-electron chi connectivity index (χ1n) is 14.9. The average Bonchev–Trinajstić information content (AvgIpc) is 3.28. The van der Waals surface area contributed by atoms with Crippen molar-refractivity contribution in [3.05, 3.63) is 11.9 Å². The first-order chi connectivity index (χ1) is 19.8. The molecule has 1 heterocycles. The van der Waals surface area contributed by atoms with Gasteiger partial charge in [-0.05, 0) is 101 Å². The number of alkyl halides is 1. The van der Waals surface area contributed by atoms with Crippen molar-refractivity contribution in [2.75, 3.05) is 13.2 Å². The fraction of sp³-hybridized carbons (Fsp3) is 0.800. The zero-order chi connectivity index (χ0) is 32.8. The van der Waals surface area contributed by atoms with Crippen molar-refractivity contribution in [1.82, 2.24) is 25.6 Å². The third-order valence-electron chi connectivity index (χ3n) is 5.52. The van der Waals surface area contributed by atoms with E-state index in [1.165, 1.54) is 0 Å². The molecule has 13 heteroatoms. The molecule has 0 aliphatic carbocycles. The number of unbranched alkanes of at least 4 members (excludes halogenated alkanes) is 1. The van der Waals surface area contributed by atoms with Crippen LogP contribution in [-0.4, -0.2) is 80.9 Å². The summed E-state index contributed by atoms with van der Waals surface area (Å²) in [6.07, 6.45) is 3.69. The molecule has 0 aliphatic rings. The Morgan fingerprint density at radius 2 is 1.44 bits per heavy atom. The van der Waals surface area contributed by atoms with Gasteiger partial charge in [0.2, 0.25) is 5.91 Å². The summed E-state index contributed by atoms with van der Waals surface area (Å²) in [5.74, 6) is -2.37. The second-order valence-corrected chi connectivity index (χ2v) is 13.5. The third-order valence-corrected chi connectivity index (χ3v) is 5.52. The highest BCUT2D eigenvalue weighted by Crippen LogP contribution is 2.15. The fourth-order valence-electron chi connectivity index (χ4n) is 3.81. The molecule has 0 fully saturated rings. The molecule has 0 bridgehead atoms. The summed E-state index contributed by atoms with van der Waals surface area (Å²) >= 11 is 0. The molecule has 1 amide bonds. The first-order valence-corrected chi connectivity index (χ1v) is 14.9. The van der Waals surface area contributed by atoms with Crippen LogP contribution in [0.4, 0.5) is 4.39 Å². The molecule has 0 saturated carbocycles. The van der Waals surface area contributed by atoms with E-state index in [0.717, 1.165) is 12.1 Å². The van der Waals surface area contributed by atoms with Gasteiger partial charge < -0.3 is 24.8 Å². The molecule has 1 aromatic heterocycles. The van der Waals surface area contributed by atoms with Crippen LogP contribution in [0.3, 0.4) is 0 Å². The normalized spacial score (nSPS) is 13.6. The minimum Gasteiger partial charge on any atom is -0.460 e. The smallest absolute Gasteiger partial charge is 0.329 e. The van der Waals surface area contributed by atoms with Gasteiger partial charge in [-0.1, -0.05) is 5.21 Å². The Bertz CT molecular complexity index is 1040. The summed E-state index contributed by atoms with van der Waals surface area (Å²) in [6.45, 7) is 16.1. The number of esters is 3. The van der Waals surface area contributed by atoms with Gasteiger partial charge in [-0.15, -0.1) is 5.10 Å². The van der Waals surface area contributed by atoms with Crippen molar-refractivity contribution < 1.29 is 37.8 Å². The highest BCUT2D eigenvalue weighted by Gasteiger charge is 2.31. The van der Waals surface area contributed by atoms with E-state index in [1.807, 2.05) is 0 Å². The quantitative estimate of drug-likeness (QED) is 0.152. The van der Waals surface area contributed by atoms with Gasteiger partial charge in [0.25, 0.3) is 0 Å². The number of carbonyl (C=O) groups is 4. The number of amides is 1. The van der Waals surface area contributed by atoms with Crippen molar-refractivity contribution in [3.63, 3.8) is 0 Å². The zero-order valence-electron chi connectivity index (χ0n) is 27.4. The minimum absolute atomic E-state index is 0.0299. The van der Waals surface area contributed by atoms with E-state index >= 15 is 0 Å². The van der Waals surface area contributed by atoms with Gasteiger partial charge in [0, 0.05) is 19.2 Å². The number of rotatable bonds is 17. The predicted octanol–water partition coefficient (Wildman–Crippen LogP) is 3.60. The van der Waals surface area contributed by atoms with Gasteiger partial charge in [-0.25, -0.2) is 4.79 Å². The molecule has 246 valence electrons. The molecule has 1 aromatic rings. The maximum atomic E-state index is 13.1. The van der Waals surface area contributed by atoms with Gasteiger partial charge >= 0.3 is 17.9 Å². The van der Waals surface area contributed by atoms with Gasteiger partial charge in [0.05, 0.1) is 18.8 Å². The van der Waals surface area contributed by atoms with E-state index in [9.17, 15) is 23.6 Å². The number of aromatic nitrogens is 3. The molecule has 0 aromatic carbocycles. The van der Waals surface area contributed by atoms with Crippen LogP contribution < -0.4 is 10.6 Å². The number of hydrogen-bond acceptors (Lipinski definition) is 10. The van der Waals surface area contributed by atoms with Crippen LogP contribution in [0, 0.1) is 0 Å². The van der Waals surface area contributed by atoms with Gasteiger partial charge in [-0.3, -0.25) is 23.5 Å². The monoisotopic (exact) mass is 613 g/mol. The van der Waals surface area contributed by atoms with E-state index in [2.05, 4.69) is 20.9 Å². The van der Waals surface area contributed by atoms with Crippen molar-refractivity contribution in [3.8, 4) is 0 Å². The van der Waals surface area contributed by atoms with Crippen LogP contribution in [0.15, 0.2) is 6.20 Å². The molecular formula is C30H52FN5O7. The van der Waals surface area contributed by atoms with E-state index in [1.54, 1.807) is 73.2 Å². The van der Waals surface area contributed by atoms with Crippen molar-refractivity contribution in [2.24, 2.45) is 0 Å². The number of aryl methyl sites for hydroxylation is 2. The Morgan fingerprint density at radius 1 is 0.860 bits per heavy atom. The Labute approximate surface area is 255 Å². The van der Waals surface area contributed by atoms with Gasteiger partial charge in [-0.2, -0.15) is 0 Å². The second-order valence-electron chi connectivity index (χ2n) is 13.5. The summed E-state index contributed by atoms with van der Waals surface area (Å²) in [5.41, 5.74) is -1.54. The van der Waals surface area contributed by atoms with Gasteiger partial charge in [0.1, 0.15) is 28.9 Å². The van der Waals surface area contributed by atoms with Crippen LogP contribution in [0.2, 0.25) is 0 Å². The first kappa shape index (κ1) is 37.9. The lowest BCUT2D eigenvalue weighted by Gasteiger charge is -2.26. The van der Waals surface area contributed by atoms with Crippen LogP contribution in [0.25, 0.3) is 0 Å². The molecule has 0 radical (unpaired) electrons. The summed E-state index contributed by atoms with van der Waals surface area (Å²) in [7, 11) is 0. The molecule has 2 atom stereocenters. The second kappa shape index (κ2) is 17.3. The number of halogens is 1. The predicted molar refractivity (Wildman–Crippen MR) is 159 cm³/mol. The van der Waals surface area contributed by atoms with Crippen LogP contribution in [0.5, 0.6) is 0 Å². The van der Waals surface area contributed by atoms with Crippen molar-refractivity contribution in [2.45, 2.75) is 143 Å². The van der Waals surface area contributed by atoms with Crippen molar-refractivity contribution >= 4 is 23.8 Å². The lowest BCUT2D eigenvalue weighted by molar-refractivity contribution is -0.160. The maximum Gasteiger partial charge on any atom is 0.329 e. The molecular weight excluding hydrogens is 561 g/mol. The SMILES string of the molecule is CC(C)(C)OC(=O)CCC(NC(=O)CC(NCCCCn1cc(CCCF)nn1)C(=O)OC(C)(C)C)C(=O)OC(C)(C)C. The average molecular weight is 614 g/mol. The summed E-state index contributed by atoms with van der Waals surface area (Å²) < 4.78 is 30.4. The summed E-state index contributed by atoms with van der Waals surface area (Å²) in [5, 5.41) is 13.8. The summed E-state index contributed by atoms with van der Waals surface area (Å²) in [4.78, 5) is 51.2. The maximum absolute atomic E-state index is 13.1. The highest BCUT2D eigenvalue weighted by molar-refractivity contribution is 5.89. The molecule has 0 spiro atoms. The lowest BCUT2D eigenvalue weighted by atomic mass is 10.1. The Hall–Kier alpha value is -3.09.